The summed E-state index contributed by atoms with van der Waals surface area (Å²) >= 11 is 3.69. The highest BCUT2D eigenvalue weighted by Crippen LogP contribution is 2.52. The minimum absolute atomic E-state index is 0.876. The van der Waals surface area contributed by atoms with Crippen LogP contribution in [0.3, 0.4) is 0 Å². The van der Waals surface area contributed by atoms with E-state index in [1.807, 2.05) is 46.9 Å². The third-order valence-corrected chi connectivity index (χ3v) is 20.9. The molecule has 0 aliphatic rings. The van der Waals surface area contributed by atoms with Gasteiger partial charge in [0.2, 0.25) is 0 Å². The molecule has 0 saturated heterocycles. The Kier molecular flexibility index (Phi) is 14.8. The second-order valence-electron chi connectivity index (χ2n) is 24.3. The second kappa shape index (κ2) is 25.0. The predicted molar refractivity (Wildman–Crippen MR) is 417 cm³/mol. The maximum absolute atomic E-state index is 6.39. The van der Waals surface area contributed by atoms with E-state index in [-0.39, 0.29) is 0 Å². The third-order valence-electron chi connectivity index (χ3n) is 18.5. The van der Waals surface area contributed by atoms with Gasteiger partial charge in [0.05, 0.1) is 32.1 Å². The molecule has 0 bridgehead atoms. The zero-order valence-electron chi connectivity index (χ0n) is 53.1. The summed E-state index contributed by atoms with van der Waals surface area (Å²) in [5.41, 5.74) is 19.3. The van der Waals surface area contributed by atoms with Crippen LogP contribution in [0, 0.1) is 0 Å². The topological polar surface area (TPSA) is 39.2 Å². The van der Waals surface area contributed by atoms with Crippen LogP contribution >= 0.6 is 22.7 Å². The summed E-state index contributed by atoms with van der Waals surface area (Å²) in [6.07, 6.45) is 0. The number of fused-ring (bicyclic) bond motifs is 12. The molecule has 8 heteroatoms. The van der Waals surface area contributed by atoms with Crippen LogP contribution < -0.4 is 19.6 Å². The van der Waals surface area contributed by atoms with E-state index in [0.717, 1.165) is 112 Å². The molecule has 0 fully saturated rings. The highest BCUT2D eigenvalue weighted by molar-refractivity contribution is 7.27. The SMILES string of the molecule is c1ccc(-c2ccc(N(c3ccccc3)c3cccc4c3sc3cccc(N(c5ccccc5)c5ccc6c(c5)oc5ccccc56)c34)cc2)cc1.c1ccc(N(c2ccccc2)c2cccc3c2sc2cccc(N(c4ccccc4)c4ccc5c(c4)oc4ccccc45)c23)cc1. The number of rotatable bonds is 13. The predicted octanol–water partition coefficient (Wildman–Crippen LogP) is 27.5. The molecule has 0 aliphatic carbocycles. The Morgan fingerprint density at radius 3 is 0.878 bits per heavy atom. The first kappa shape index (κ1) is 58.1. The van der Waals surface area contributed by atoms with E-state index in [9.17, 15) is 0 Å². The number of nitrogens with zero attached hydrogens (tertiary/aromatic N) is 4. The molecule has 19 aromatic rings. The smallest absolute Gasteiger partial charge is 0.137 e. The van der Waals surface area contributed by atoms with Gasteiger partial charge >= 0.3 is 0 Å². The van der Waals surface area contributed by atoms with Crippen molar-refractivity contribution in [3.63, 3.8) is 0 Å². The molecule has 464 valence electrons. The average molecular weight is 1290 g/mol. The van der Waals surface area contributed by atoms with E-state index in [4.69, 9.17) is 8.83 Å². The molecular formula is C90H60N4O2S2. The second-order valence-corrected chi connectivity index (χ2v) is 26.4. The van der Waals surface area contributed by atoms with Gasteiger partial charge in [-0.25, -0.2) is 0 Å². The minimum atomic E-state index is 0.876. The molecule has 0 amide bonds. The first-order valence-corrected chi connectivity index (χ1v) is 34.6. The number of benzene rings is 15. The molecule has 4 heterocycles. The molecule has 0 unspecified atom stereocenters. The molecule has 15 aromatic carbocycles. The lowest BCUT2D eigenvalue weighted by atomic mass is 10.0. The van der Waals surface area contributed by atoms with Crippen LogP contribution in [-0.4, -0.2) is 0 Å². The van der Waals surface area contributed by atoms with Crippen LogP contribution in [-0.2, 0) is 0 Å². The van der Waals surface area contributed by atoms with E-state index in [0.29, 0.717) is 0 Å². The number of furan rings is 2. The summed E-state index contributed by atoms with van der Waals surface area (Å²) in [5, 5.41) is 9.43. The normalized spacial score (nSPS) is 11.5. The van der Waals surface area contributed by atoms with E-state index in [2.05, 4.69) is 359 Å². The quantitative estimate of drug-likeness (QED) is 0.115. The molecule has 0 aliphatic heterocycles. The Morgan fingerprint density at radius 1 is 0.194 bits per heavy atom. The fourth-order valence-corrected chi connectivity index (χ4v) is 16.5. The number of hydrogen-bond donors (Lipinski definition) is 0. The van der Waals surface area contributed by atoms with E-state index >= 15 is 0 Å². The fraction of sp³-hybridized carbons (Fsp3) is 0. The number of thiophene rings is 2. The summed E-state index contributed by atoms with van der Waals surface area (Å²) in [6, 6.07) is 129. The van der Waals surface area contributed by atoms with E-state index in [1.54, 1.807) is 0 Å². The number of para-hydroxylation sites is 7. The Hall–Kier alpha value is -12.5. The first-order valence-electron chi connectivity index (χ1n) is 33.0. The molecule has 0 spiro atoms. The van der Waals surface area contributed by atoms with Gasteiger partial charge in [-0.3, -0.25) is 0 Å². The van der Waals surface area contributed by atoms with Crippen molar-refractivity contribution in [1.29, 1.82) is 0 Å². The van der Waals surface area contributed by atoms with Crippen molar-refractivity contribution in [1.82, 2.24) is 0 Å². The van der Waals surface area contributed by atoms with Gasteiger partial charge in [-0.05, 0) is 157 Å². The van der Waals surface area contributed by atoms with E-state index in [1.165, 1.54) is 51.5 Å². The van der Waals surface area contributed by atoms with Gasteiger partial charge in [0.25, 0.3) is 0 Å². The Balaban J connectivity index is 0.000000143. The van der Waals surface area contributed by atoms with Gasteiger partial charge in [-0.15, -0.1) is 22.7 Å². The zero-order chi connectivity index (χ0) is 64.9. The molecular weight excluding hydrogens is 1230 g/mol. The lowest BCUT2D eigenvalue weighted by Gasteiger charge is -2.27. The standard InChI is InChI=1S/C48H32N2OS.C42H28N2OS/c1-4-14-33(15-5-1)34-26-28-37(29-27-34)49(35-16-6-2-7-17-35)43-23-12-21-41-47-42(22-13-25-46(47)52-48(41)43)50(36-18-8-3-9-19-36)38-30-31-40-39-20-10-11-24-44(39)51-45(40)32-38;1-4-14-29(15-5-1)43(30-16-6-2-7-17-30)37-23-12-21-35-41-36(22-13-25-40(41)46-42(35)37)44(31-18-8-3-9-19-31)32-26-27-34-33-20-10-11-24-38(33)45-39(34)28-32/h1-32H;1-28H. The highest BCUT2D eigenvalue weighted by Gasteiger charge is 2.26. The summed E-state index contributed by atoms with van der Waals surface area (Å²) in [4.78, 5) is 9.48. The van der Waals surface area contributed by atoms with Crippen LogP contribution in [0.5, 0.6) is 0 Å². The van der Waals surface area contributed by atoms with Crippen molar-refractivity contribution in [2.45, 2.75) is 0 Å². The molecule has 0 N–H and O–H groups in total. The van der Waals surface area contributed by atoms with Crippen LogP contribution in [0.4, 0.5) is 68.2 Å². The van der Waals surface area contributed by atoms with Crippen molar-refractivity contribution in [2.75, 3.05) is 19.6 Å². The van der Waals surface area contributed by atoms with Crippen molar-refractivity contribution in [2.24, 2.45) is 0 Å². The zero-order valence-corrected chi connectivity index (χ0v) is 54.7. The Morgan fingerprint density at radius 2 is 0.480 bits per heavy atom. The molecule has 19 rings (SSSR count). The molecule has 0 radical (unpaired) electrons. The van der Waals surface area contributed by atoms with E-state index < -0.39 is 0 Å². The number of hydrogen-bond acceptors (Lipinski definition) is 8. The Labute approximate surface area is 574 Å². The summed E-state index contributed by atoms with van der Waals surface area (Å²) in [5.74, 6) is 0. The van der Waals surface area contributed by atoms with Crippen LogP contribution in [0.25, 0.3) is 95.3 Å². The molecule has 0 atom stereocenters. The van der Waals surface area contributed by atoms with Crippen LogP contribution in [0.1, 0.15) is 0 Å². The van der Waals surface area contributed by atoms with Crippen molar-refractivity contribution >= 4 is 175 Å². The lowest BCUT2D eigenvalue weighted by Crippen LogP contribution is -2.10. The van der Waals surface area contributed by atoms with Gasteiger partial charge < -0.3 is 28.4 Å². The third kappa shape index (κ3) is 10.4. The van der Waals surface area contributed by atoms with Crippen molar-refractivity contribution in [3.8, 4) is 11.1 Å². The van der Waals surface area contributed by atoms with Crippen LogP contribution in [0.15, 0.2) is 373 Å². The fourth-order valence-electron chi connectivity index (χ4n) is 14.1. The molecule has 98 heavy (non-hydrogen) atoms. The maximum Gasteiger partial charge on any atom is 0.137 e. The Bertz CT molecular complexity index is 6040. The largest absolute Gasteiger partial charge is 0.456 e. The van der Waals surface area contributed by atoms with Gasteiger partial charge in [-0.1, -0.05) is 206 Å². The average Bonchev–Trinajstić information content (AvgIpc) is 1.57. The molecule has 0 saturated carbocycles. The van der Waals surface area contributed by atoms with Crippen molar-refractivity contribution < 1.29 is 8.83 Å². The maximum atomic E-state index is 6.39. The van der Waals surface area contributed by atoms with Gasteiger partial charge in [0, 0.05) is 110 Å². The summed E-state index contributed by atoms with van der Waals surface area (Å²) in [6.45, 7) is 0. The van der Waals surface area contributed by atoms with Gasteiger partial charge in [0.1, 0.15) is 22.3 Å². The van der Waals surface area contributed by atoms with Crippen LogP contribution in [0.2, 0.25) is 0 Å². The monoisotopic (exact) mass is 1290 g/mol. The van der Waals surface area contributed by atoms with Gasteiger partial charge in [-0.2, -0.15) is 0 Å². The minimum Gasteiger partial charge on any atom is -0.456 e. The molecule has 6 nitrogen and oxygen atoms in total. The summed E-state index contributed by atoms with van der Waals surface area (Å²) in [7, 11) is 0. The molecule has 4 aromatic heterocycles. The van der Waals surface area contributed by atoms with Crippen molar-refractivity contribution in [3.05, 3.63) is 364 Å². The van der Waals surface area contributed by atoms with Gasteiger partial charge in [0.15, 0.2) is 0 Å². The first-order chi connectivity index (χ1) is 48.6. The lowest BCUT2D eigenvalue weighted by molar-refractivity contribution is 0.668. The highest BCUT2D eigenvalue weighted by atomic mass is 32.1. The summed E-state index contributed by atoms with van der Waals surface area (Å²) < 4.78 is 17.7. The number of anilines is 12.